The van der Waals surface area contributed by atoms with Crippen molar-refractivity contribution in [3.05, 3.63) is 35.7 Å². The summed E-state index contributed by atoms with van der Waals surface area (Å²) in [7, 11) is -2.21. The number of hydrogen-bond donors (Lipinski definition) is 0. The van der Waals surface area contributed by atoms with Gasteiger partial charge in [-0.2, -0.15) is 13.2 Å². The number of oxime groups is 1. The molecule has 0 aliphatic rings. The van der Waals surface area contributed by atoms with Crippen LogP contribution in [-0.2, 0) is 27.9 Å². The zero-order chi connectivity index (χ0) is 22.1. The third kappa shape index (κ3) is 4.13. The van der Waals surface area contributed by atoms with Crippen LogP contribution in [0.4, 0.5) is 13.2 Å². The molecule has 160 valence electrons. The number of aryl methyl sites for hydroxylation is 1. The summed E-state index contributed by atoms with van der Waals surface area (Å²) in [6.07, 6.45) is -1.17. The lowest BCUT2D eigenvalue weighted by molar-refractivity contribution is -0.137. The summed E-state index contributed by atoms with van der Waals surface area (Å²) in [5.41, 5.74) is -0.404. The molecule has 0 fully saturated rings. The lowest BCUT2D eigenvalue weighted by Gasteiger charge is -2.09. The van der Waals surface area contributed by atoms with Crippen molar-refractivity contribution in [3.63, 3.8) is 0 Å². The molecular weight excluding hydrogens is 423 g/mol. The Kier molecular flexibility index (Phi) is 5.79. The van der Waals surface area contributed by atoms with Gasteiger partial charge in [0.2, 0.25) is 0 Å². The van der Waals surface area contributed by atoms with Gasteiger partial charge < -0.3 is 9.40 Å². The third-order valence-corrected chi connectivity index (χ3v) is 5.98. The summed E-state index contributed by atoms with van der Waals surface area (Å²) in [5.74, 6) is -0.120. The largest absolute Gasteiger partial charge is 0.417 e. The standard InChI is InChI=1S/C18H18F3N5O3S/c1-4-29-24-9-11-6-14(30(27,28)5-2)15(22-8-11)17-25-13-7-12(18(19,20)21)10-23-16(13)26(17)3/h6-10H,4-5H2,1-3H3. The second kappa shape index (κ2) is 8.01. The summed E-state index contributed by atoms with van der Waals surface area (Å²) in [6, 6.07) is 2.24. The fraction of sp³-hybridized carbons (Fsp3) is 0.333. The molecule has 3 aromatic rings. The van der Waals surface area contributed by atoms with E-state index in [4.69, 9.17) is 4.84 Å². The summed E-state index contributed by atoms with van der Waals surface area (Å²) >= 11 is 0. The maximum absolute atomic E-state index is 13.0. The number of hydrogen-bond acceptors (Lipinski definition) is 7. The van der Waals surface area contributed by atoms with E-state index in [0.717, 1.165) is 6.07 Å². The molecule has 3 rings (SSSR count). The number of imidazole rings is 1. The van der Waals surface area contributed by atoms with Gasteiger partial charge in [-0.25, -0.2) is 18.4 Å². The molecule has 12 heteroatoms. The van der Waals surface area contributed by atoms with E-state index in [9.17, 15) is 21.6 Å². The fourth-order valence-corrected chi connectivity index (χ4v) is 3.77. The van der Waals surface area contributed by atoms with Crippen LogP contribution in [-0.4, -0.2) is 46.5 Å². The van der Waals surface area contributed by atoms with Gasteiger partial charge in [0.15, 0.2) is 21.3 Å². The Bertz CT molecular complexity index is 1220. The summed E-state index contributed by atoms with van der Waals surface area (Å²) in [5, 5.41) is 3.70. The molecule has 0 bridgehead atoms. The van der Waals surface area contributed by atoms with Crippen LogP contribution in [0.2, 0.25) is 0 Å². The van der Waals surface area contributed by atoms with Gasteiger partial charge in [-0.3, -0.25) is 4.98 Å². The highest BCUT2D eigenvalue weighted by Gasteiger charge is 2.32. The Morgan fingerprint density at radius 2 is 1.93 bits per heavy atom. The molecule has 0 atom stereocenters. The minimum Gasteiger partial charge on any atom is -0.396 e. The van der Waals surface area contributed by atoms with E-state index in [1.807, 2.05) is 0 Å². The van der Waals surface area contributed by atoms with E-state index >= 15 is 0 Å². The molecule has 0 saturated carbocycles. The van der Waals surface area contributed by atoms with Gasteiger partial charge in [0.1, 0.15) is 17.8 Å². The average Bonchev–Trinajstić information content (AvgIpc) is 3.03. The van der Waals surface area contributed by atoms with Gasteiger partial charge in [0.25, 0.3) is 0 Å². The zero-order valence-corrected chi connectivity index (χ0v) is 17.1. The molecular formula is C18H18F3N5O3S. The first-order valence-corrected chi connectivity index (χ1v) is 10.5. The van der Waals surface area contributed by atoms with Gasteiger partial charge in [0, 0.05) is 25.0 Å². The van der Waals surface area contributed by atoms with E-state index in [-0.39, 0.29) is 33.3 Å². The van der Waals surface area contributed by atoms with Crippen LogP contribution in [0.15, 0.2) is 34.6 Å². The first-order chi connectivity index (χ1) is 14.1. The molecule has 0 spiro atoms. The number of rotatable bonds is 6. The zero-order valence-electron chi connectivity index (χ0n) is 16.3. The molecule has 0 radical (unpaired) electrons. The Hall–Kier alpha value is -3.02. The second-order valence-electron chi connectivity index (χ2n) is 6.23. The number of sulfone groups is 1. The lowest BCUT2D eigenvalue weighted by Crippen LogP contribution is -2.09. The number of aromatic nitrogens is 4. The van der Waals surface area contributed by atoms with E-state index < -0.39 is 21.6 Å². The second-order valence-corrected chi connectivity index (χ2v) is 8.48. The van der Waals surface area contributed by atoms with Gasteiger partial charge in [-0.05, 0) is 19.1 Å². The monoisotopic (exact) mass is 441 g/mol. The van der Waals surface area contributed by atoms with Crippen LogP contribution in [0.1, 0.15) is 25.0 Å². The van der Waals surface area contributed by atoms with Gasteiger partial charge in [0.05, 0.1) is 22.4 Å². The number of nitrogens with zero attached hydrogens (tertiary/aromatic N) is 5. The van der Waals surface area contributed by atoms with Crippen LogP contribution in [0.25, 0.3) is 22.7 Å². The predicted molar refractivity (Wildman–Crippen MR) is 104 cm³/mol. The summed E-state index contributed by atoms with van der Waals surface area (Å²) in [6.45, 7) is 3.57. The van der Waals surface area contributed by atoms with Gasteiger partial charge in [-0.15, -0.1) is 0 Å². The molecule has 0 amide bonds. The Labute approximate surface area is 170 Å². The van der Waals surface area contributed by atoms with E-state index in [2.05, 4.69) is 20.1 Å². The van der Waals surface area contributed by atoms with Crippen molar-refractivity contribution in [2.24, 2.45) is 12.2 Å². The molecule has 0 N–H and O–H groups in total. The van der Waals surface area contributed by atoms with Crippen LogP contribution in [0.5, 0.6) is 0 Å². The fourth-order valence-electron chi connectivity index (χ4n) is 2.71. The molecule has 0 aromatic carbocycles. The highest BCUT2D eigenvalue weighted by molar-refractivity contribution is 7.91. The van der Waals surface area contributed by atoms with Crippen molar-refractivity contribution in [2.75, 3.05) is 12.4 Å². The predicted octanol–water partition coefficient (Wildman–Crippen LogP) is 3.21. The molecule has 0 unspecified atom stereocenters. The minimum atomic E-state index is -4.57. The van der Waals surface area contributed by atoms with Gasteiger partial charge in [-0.1, -0.05) is 12.1 Å². The molecule has 3 aromatic heterocycles. The summed E-state index contributed by atoms with van der Waals surface area (Å²) in [4.78, 5) is 17.0. The molecule has 0 aliphatic heterocycles. The lowest BCUT2D eigenvalue weighted by atomic mass is 10.2. The van der Waals surface area contributed by atoms with Crippen LogP contribution in [0, 0.1) is 0 Å². The van der Waals surface area contributed by atoms with Crippen molar-refractivity contribution in [2.45, 2.75) is 24.9 Å². The number of halogens is 3. The van der Waals surface area contributed by atoms with Crippen LogP contribution < -0.4 is 0 Å². The van der Waals surface area contributed by atoms with Crippen molar-refractivity contribution in [1.82, 2.24) is 19.5 Å². The molecule has 30 heavy (non-hydrogen) atoms. The first kappa shape index (κ1) is 21.7. The Morgan fingerprint density at radius 1 is 1.20 bits per heavy atom. The summed E-state index contributed by atoms with van der Waals surface area (Å²) < 4.78 is 65.7. The quantitative estimate of drug-likeness (QED) is 0.430. The smallest absolute Gasteiger partial charge is 0.396 e. The normalized spacial score (nSPS) is 12.7. The molecule has 0 aliphatic carbocycles. The van der Waals surface area contributed by atoms with Crippen molar-refractivity contribution < 1.29 is 26.4 Å². The van der Waals surface area contributed by atoms with E-state index in [1.165, 1.54) is 37.0 Å². The highest BCUT2D eigenvalue weighted by atomic mass is 32.2. The Balaban J connectivity index is 2.21. The number of fused-ring (bicyclic) bond motifs is 1. The number of alkyl halides is 3. The molecule has 8 nitrogen and oxygen atoms in total. The van der Waals surface area contributed by atoms with Crippen LogP contribution in [0.3, 0.4) is 0 Å². The maximum Gasteiger partial charge on any atom is 0.417 e. The average molecular weight is 441 g/mol. The molecule has 3 heterocycles. The Morgan fingerprint density at radius 3 is 2.57 bits per heavy atom. The van der Waals surface area contributed by atoms with E-state index in [1.54, 1.807) is 6.92 Å². The first-order valence-electron chi connectivity index (χ1n) is 8.86. The van der Waals surface area contributed by atoms with Crippen molar-refractivity contribution in [1.29, 1.82) is 0 Å². The number of pyridine rings is 2. The van der Waals surface area contributed by atoms with Crippen molar-refractivity contribution in [3.8, 4) is 11.5 Å². The van der Waals surface area contributed by atoms with E-state index in [0.29, 0.717) is 18.4 Å². The maximum atomic E-state index is 13.0. The van der Waals surface area contributed by atoms with Crippen LogP contribution >= 0.6 is 0 Å². The third-order valence-electron chi connectivity index (χ3n) is 4.24. The van der Waals surface area contributed by atoms with Gasteiger partial charge >= 0.3 is 6.18 Å². The minimum absolute atomic E-state index is 0.0134. The van der Waals surface area contributed by atoms with Crippen molar-refractivity contribution >= 4 is 27.2 Å². The highest BCUT2D eigenvalue weighted by Crippen LogP contribution is 2.32. The molecule has 0 saturated heterocycles. The SMILES string of the molecule is CCON=Cc1cnc(-c2nc3cc(C(F)(F)F)cnc3n2C)c(S(=O)(=O)CC)c1. The topological polar surface area (TPSA) is 99.3 Å².